The summed E-state index contributed by atoms with van der Waals surface area (Å²) in [7, 11) is 0. The summed E-state index contributed by atoms with van der Waals surface area (Å²) in [6.45, 7) is 9.66. The number of nitrogens with zero attached hydrogens (tertiary/aromatic N) is 3. The molecule has 0 atom stereocenters. The van der Waals surface area contributed by atoms with Gasteiger partial charge in [0.25, 0.3) is 5.91 Å². The van der Waals surface area contributed by atoms with Gasteiger partial charge in [0.2, 0.25) is 0 Å². The first-order valence-electron chi connectivity index (χ1n) is 9.90. The van der Waals surface area contributed by atoms with Gasteiger partial charge in [0.15, 0.2) is 5.13 Å². The molecular weight excluding hydrogens is 457 g/mol. The molecule has 0 bridgehead atoms. The number of thiazole rings is 1. The van der Waals surface area contributed by atoms with E-state index in [9.17, 15) is 4.79 Å². The van der Waals surface area contributed by atoms with E-state index in [1.54, 1.807) is 11.8 Å². The van der Waals surface area contributed by atoms with Gasteiger partial charge in [-0.15, -0.1) is 24.2 Å². The number of benzene rings is 2. The number of hydrogen-bond donors (Lipinski definition) is 0. The van der Waals surface area contributed by atoms with Gasteiger partial charge in [0.05, 0.1) is 15.3 Å². The Labute approximate surface area is 198 Å². The van der Waals surface area contributed by atoms with Crippen LogP contribution in [0.5, 0.6) is 0 Å². The molecule has 1 amide bonds. The van der Waals surface area contributed by atoms with Crippen LogP contribution < -0.4 is 4.90 Å². The van der Waals surface area contributed by atoms with Crippen LogP contribution in [0, 0.1) is 0 Å². The van der Waals surface area contributed by atoms with Crippen molar-refractivity contribution in [2.75, 3.05) is 36.8 Å². The van der Waals surface area contributed by atoms with Crippen LogP contribution in [0.15, 0.2) is 47.4 Å². The second kappa shape index (κ2) is 11.9. The van der Waals surface area contributed by atoms with Crippen molar-refractivity contribution in [3.63, 3.8) is 0 Å². The van der Waals surface area contributed by atoms with Crippen molar-refractivity contribution >= 4 is 68.4 Å². The van der Waals surface area contributed by atoms with Crippen molar-refractivity contribution < 1.29 is 4.79 Å². The van der Waals surface area contributed by atoms with Gasteiger partial charge in [-0.25, -0.2) is 4.98 Å². The van der Waals surface area contributed by atoms with Crippen LogP contribution in [0.25, 0.3) is 10.2 Å². The van der Waals surface area contributed by atoms with E-state index in [1.807, 2.05) is 47.4 Å². The molecule has 0 unspecified atom stereocenters. The standard InChI is InChI=1S/C22H26ClN3OS2.ClH/c1-4-25(5-2)14-15-26(21(27)16-10-7-8-12-18(16)28-6-3)22-24-20-17(23)11-9-13-19(20)29-22;/h7-13H,4-6,14-15H2,1-3H3;1H. The SMILES string of the molecule is CCSc1ccccc1C(=O)N(CCN(CC)CC)c1nc2c(Cl)cccc2s1.Cl. The Morgan fingerprint density at radius 2 is 1.80 bits per heavy atom. The van der Waals surface area contributed by atoms with Crippen molar-refractivity contribution in [2.24, 2.45) is 0 Å². The summed E-state index contributed by atoms with van der Waals surface area (Å²) in [6.07, 6.45) is 0. The predicted molar refractivity (Wildman–Crippen MR) is 134 cm³/mol. The number of rotatable bonds is 9. The highest BCUT2D eigenvalue weighted by Gasteiger charge is 2.24. The Morgan fingerprint density at radius 1 is 1.07 bits per heavy atom. The van der Waals surface area contributed by atoms with E-state index < -0.39 is 0 Å². The van der Waals surface area contributed by atoms with Crippen molar-refractivity contribution in [1.29, 1.82) is 0 Å². The third kappa shape index (κ3) is 5.68. The van der Waals surface area contributed by atoms with Crippen LogP contribution in [0.2, 0.25) is 5.02 Å². The minimum Gasteiger partial charge on any atom is -0.302 e. The van der Waals surface area contributed by atoms with E-state index in [4.69, 9.17) is 16.6 Å². The number of hydrogen-bond acceptors (Lipinski definition) is 5. The summed E-state index contributed by atoms with van der Waals surface area (Å²) in [5.74, 6) is 0.907. The molecule has 162 valence electrons. The molecule has 0 spiro atoms. The van der Waals surface area contributed by atoms with Crippen molar-refractivity contribution in [3.05, 3.63) is 53.1 Å². The summed E-state index contributed by atoms with van der Waals surface area (Å²) >= 11 is 9.54. The van der Waals surface area contributed by atoms with E-state index in [0.717, 1.165) is 46.1 Å². The van der Waals surface area contributed by atoms with Gasteiger partial charge >= 0.3 is 0 Å². The van der Waals surface area contributed by atoms with Gasteiger partial charge in [0.1, 0.15) is 5.52 Å². The lowest BCUT2D eigenvalue weighted by Crippen LogP contribution is -2.39. The molecule has 3 rings (SSSR count). The number of amides is 1. The molecule has 1 aromatic heterocycles. The summed E-state index contributed by atoms with van der Waals surface area (Å²) in [6, 6.07) is 13.6. The van der Waals surface area contributed by atoms with Gasteiger partial charge in [0, 0.05) is 18.0 Å². The van der Waals surface area contributed by atoms with Crippen molar-refractivity contribution in [1.82, 2.24) is 9.88 Å². The molecule has 30 heavy (non-hydrogen) atoms. The van der Waals surface area contributed by atoms with Crippen molar-refractivity contribution in [2.45, 2.75) is 25.7 Å². The first-order chi connectivity index (χ1) is 14.1. The van der Waals surface area contributed by atoms with E-state index in [1.165, 1.54) is 11.3 Å². The van der Waals surface area contributed by atoms with E-state index >= 15 is 0 Å². The van der Waals surface area contributed by atoms with E-state index in [-0.39, 0.29) is 18.3 Å². The number of thioether (sulfide) groups is 1. The molecule has 0 aliphatic rings. The minimum absolute atomic E-state index is 0. The van der Waals surface area contributed by atoms with E-state index in [0.29, 0.717) is 16.7 Å². The maximum absolute atomic E-state index is 13.6. The molecule has 0 aliphatic heterocycles. The highest BCUT2D eigenvalue weighted by atomic mass is 35.5. The number of aromatic nitrogens is 1. The summed E-state index contributed by atoms with van der Waals surface area (Å²) < 4.78 is 0.990. The third-order valence-corrected chi connectivity index (χ3v) is 7.09. The molecule has 8 heteroatoms. The van der Waals surface area contributed by atoms with Crippen LogP contribution in [0.1, 0.15) is 31.1 Å². The lowest BCUT2D eigenvalue weighted by atomic mass is 10.2. The van der Waals surface area contributed by atoms with Crippen molar-refractivity contribution in [3.8, 4) is 0 Å². The zero-order chi connectivity index (χ0) is 20.8. The number of likely N-dealkylation sites (N-methyl/N-ethyl adjacent to an activating group) is 1. The monoisotopic (exact) mass is 483 g/mol. The lowest BCUT2D eigenvalue weighted by molar-refractivity contribution is 0.0981. The first kappa shape index (κ1) is 25.0. The molecule has 0 saturated heterocycles. The highest BCUT2D eigenvalue weighted by Crippen LogP contribution is 2.34. The Kier molecular flexibility index (Phi) is 9.91. The van der Waals surface area contributed by atoms with Crippen LogP contribution in [0.3, 0.4) is 0 Å². The number of halogens is 2. The molecule has 2 aromatic carbocycles. The molecule has 1 heterocycles. The van der Waals surface area contributed by atoms with Gasteiger partial charge in [-0.2, -0.15) is 0 Å². The third-order valence-electron chi connectivity index (χ3n) is 4.79. The maximum Gasteiger partial charge on any atom is 0.261 e. The zero-order valence-corrected chi connectivity index (χ0v) is 20.6. The number of carbonyl (C=O) groups is 1. The fourth-order valence-corrected chi connectivity index (χ4v) is 5.24. The second-order valence-electron chi connectivity index (χ2n) is 6.50. The molecule has 0 radical (unpaired) electrons. The van der Waals surface area contributed by atoms with Gasteiger partial charge < -0.3 is 4.90 Å². The number of para-hydroxylation sites is 1. The van der Waals surface area contributed by atoms with Gasteiger partial charge in [-0.3, -0.25) is 9.69 Å². The Hall–Kier alpha value is -1.31. The Balaban J connectivity index is 0.00000320. The Morgan fingerprint density at radius 3 is 2.47 bits per heavy atom. The fourth-order valence-electron chi connectivity index (χ4n) is 3.15. The second-order valence-corrected chi connectivity index (χ2v) is 9.22. The minimum atomic E-state index is -0.0103. The van der Waals surface area contributed by atoms with Gasteiger partial charge in [-0.1, -0.05) is 61.9 Å². The first-order valence-corrected chi connectivity index (χ1v) is 12.1. The summed E-state index contributed by atoms with van der Waals surface area (Å²) in [5.41, 5.74) is 1.48. The topological polar surface area (TPSA) is 36.4 Å². The number of carbonyl (C=O) groups excluding carboxylic acids is 1. The molecule has 0 fully saturated rings. The molecule has 3 aromatic rings. The molecule has 0 N–H and O–H groups in total. The fraction of sp³-hybridized carbons (Fsp3) is 0.364. The quantitative estimate of drug-likeness (QED) is 0.326. The zero-order valence-electron chi connectivity index (χ0n) is 17.4. The Bertz CT molecular complexity index is 976. The molecular formula is C22H27Cl2N3OS2. The average Bonchev–Trinajstić information content (AvgIpc) is 3.17. The lowest BCUT2D eigenvalue weighted by Gasteiger charge is -2.25. The van der Waals surface area contributed by atoms with Gasteiger partial charge in [-0.05, 0) is 43.1 Å². The number of fused-ring (bicyclic) bond motifs is 1. The predicted octanol–water partition coefficient (Wildman–Crippen LogP) is 6.47. The number of anilines is 1. The largest absolute Gasteiger partial charge is 0.302 e. The average molecular weight is 485 g/mol. The summed E-state index contributed by atoms with van der Waals surface area (Å²) in [4.78, 5) is 23.5. The summed E-state index contributed by atoms with van der Waals surface area (Å²) in [5, 5.41) is 1.31. The van der Waals surface area contributed by atoms with Crippen LogP contribution in [-0.2, 0) is 0 Å². The van der Waals surface area contributed by atoms with Crippen LogP contribution >= 0.6 is 47.1 Å². The highest BCUT2D eigenvalue weighted by molar-refractivity contribution is 7.99. The van der Waals surface area contributed by atoms with E-state index in [2.05, 4.69) is 25.7 Å². The van der Waals surface area contributed by atoms with Crippen LogP contribution in [0.4, 0.5) is 5.13 Å². The smallest absolute Gasteiger partial charge is 0.261 e. The maximum atomic E-state index is 13.6. The molecule has 0 aliphatic carbocycles. The van der Waals surface area contributed by atoms with Crippen LogP contribution in [-0.4, -0.2) is 47.7 Å². The normalized spacial score (nSPS) is 11.0. The molecule has 0 saturated carbocycles. The molecule has 4 nitrogen and oxygen atoms in total.